The highest BCUT2D eigenvalue weighted by atomic mass is 32.1. The number of hydrogen-bond donors (Lipinski definition) is 0. The molecular weight excluding hydrogens is 271 g/mol. The van der Waals surface area contributed by atoms with E-state index in [9.17, 15) is 4.39 Å². The Morgan fingerprint density at radius 2 is 1.85 bits per heavy atom. The molecule has 1 heterocycles. The molecule has 0 unspecified atom stereocenters. The van der Waals surface area contributed by atoms with Crippen molar-refractivity contribution in [3.63, 3.8) is 0 Å². The highest BCUT2D eigenvalue weighted by Gasteiger charge is 2.22. The van der Waals surface area contributed by atoms with E-state index in [1.807, 2.05) is 33.1 Å². The van der Waals surface area contributed by atoms with Gasteiger partial charge in [-0.25, -0.2) is 14.4 Å². The van der Waals surface area contributed by atoms with Gasteiger partial charge in [0.25, 0.3) is 0 Å². The standard InChI is InChI=1S/C14H13FN2S.C2H6/c1-4-16-14(2,3)12-9-18-13(17-12)10-5-7-11(15)8-6-10;1-2/h5-9H,1H2,2-3H3;1-2H3. The van der Waals surface area contributed by atoms with Crippen LogP contribution >= 0.6 is 11.3 Å². The molecule has 2 rings (SSSR count). The molecule has 0 atom stereocenters. The number of aromatic nitrogens is 1. The third-order valence-corrected chi connectivity index (χ3v) is 3.47. The zero-order chi connectivity index (χ0) is 15.2. The number of hydrogen-bond acceptors (Lipinski definition) is 3. The topological polar surface area (TPSA) is 25.2 Å². The van der Waals surface area contributed by atoms with Crippen LogP contribution in [0.1, 0.15) is 33.4 Å². The van der Waals surface area contributed by atoms with Gasteiger partial charge in [-0.05, 0) is 50.6 Å². The molecule has 20 heavy (non-hydrogen) atoms. The summed E-state index contributed by atoms with van der Waals surface area (Å²) in [5.41, 5.74) is 1.34. The molecule has 2 nitrogen and oxygen atoms in total. The maximum atomic E-state index is 12.9. The van der Waals surface area contributed by atoms with Crippen molar-refractivity contribution in [2.45, 2.75) is 33.2 Å². The molecule has 0 saturated carbocycles. The predicted molar refractivity (Wildman–Crippen MR) is 84.9 cm³/mol. The Morgan fingerprint density at radius 3 is 2.40 bits per heavy atom. The van der Waals surface area contributed by atoms with Crippen LogP contribution in [0.5, 0.6) is 0 Å². The molecule has 0 aliphatic heterocycles. The maximum absolute atomic E-state index is 12.9. The summed E-state index contributed by atoms with van der Waals surface area (Å²) in [6, 6.07) is 6.32. The minimum absolute atomic E-state index is 0.243. The number of halogens is 1. The highest BCUT2D eigenvalue weighted by Crippen LogP contribution is 2.30. The molecule has 0 aliphatic carbocycles. The third kappa shape index (κ3) is 3.86. The van der Waals surface area contributed by atoms with Gasteiger partial charge in [-0.15, -0.1) is 11.3 Å². The first-order chi connectivity index (χ1) is 9.53. The first-order valence-corrected chi connectivity index (χ1v) is 7.37. The first-order valence-electron chi connectivity index (χ1n) is 6.49. The van der Waals surface area contributed by atoms with Gasteiger partial charge >= 0.3 is 0 Å². The summed E-state index contributed by atoms with van der Waals surface area (Å²) in [6.45, 7) is 11.4. The monoisotopic (exact) mass is 290 g/mol. The summed E-state index contributed by atoms with van der Waals surface area (Å²) >= 11 is 1.52. The van der Waals surface area contributed by atoms with Gasteiger partial charge in [0.05, 0.1) is 5.69 Å². The zero-order valence-electron chi connectivity index (χ0n) is 12.3. The number of nitrogens with zero attached hydrogens (tertiary/aromatic N) is 2. The van der Waals surface area contributed by atoms with E-state index in [0.29, 0.717) is 0 Å². The van der Waals surface area contributed by atoms with Crippen LogP contribution in [0.4, 0.5) is 4.39 Å². The molecular formula is C16H19FN2S. The summed E-state index contributed by atoms with van der Waals surface area (Å²) in [4.78, 5) is 8.71. The molecule has 0 fully saturated rings. The zero-order valence-corrected chi connectivity index (χ0v) is 13.1. The van der Waals surface area contributed by atoms with Crippen LogP contribution in [0.3, 0.4) is 0 Å². The van der Waals surface area contributed by atoms with Gasteiger partial charge in [0.2, 0.25) is 0 Å². The predicted octanol–water partition coefficient (Wildman–Crippen LogP) is 5.07. The van der Waals surface area contributed by atoms with Gasteiger partial charge in [0.1, 0.15) is 16.4 Å². The fourth-order valence-electron chi connectivity index (χ4n) is 1.53. The molecule has 0 saturated heterocycles. The summed E-state index contributed by atoms with van der Waals surface area (Å²) < 4.78 is 12.9. The van der Waals surface area contributed by atoms with Crippen molar-refractivity contribution in [2.24, 2.45) is 4.99 Å². The fraction of sp³-hybridized carbons (Fsp3) is 0.312. The van der Waals surface area contributed by atoms with E-state index < -0.39 is 5.54 Å². The molecule has 0 N–H and O–H groups in total. The lowest BCUT2D eigenvalue weighted by Gasteiger charge is -2.14. The Balaban J connectivity index is 0.000000956. The summed E-state index contributed by atoms with van der Waals surface area (Å²) in [5.74, 6) is 2.31. The smallest absolute Gasteiger partial charge is 0.123 e. The lowest BCUT2D eigenvalue weighted by Crippen LogP contribution is -2.13. The van der Waals surface area contributed by atoms with Gasteiger partial charge < -0.3 is 0 Å². The SMILES string of the molecule is C=C=NC(C)(C)c1csc(-c2ccc(F)cc2)n1.CC. The molecule has 1 aromatic heterocycles. The van der Waals surface area contributed by atoms with Gasteiger partial charge in [0, 0.05) is 10.9 Å². The van der Waals surface area contributed by atoms with Crippen molar-refractivity contribution in [3.05, 3.63) is 47.7 Å². The summed E-state index contributed by atoms with van der Waals surface area (Å²) in [5, 5.41) is 2.82. The van der Waals surface area contributed by atoms with Gasteiger partial charge in [-0.1, -0.05) is 13.8 Å². The second-order valence-electron chi connectivity index (χ2n) is 4.37. The number of benzene rings is 1. The second-order valence-corrected chi connectivity index (χ2v) is 5.23. The van der Waals surface area contributed by atoms with E-state index in [2.05, 4.69) is 22.4 Å². The van der Waals surface area contributed by atoms with E-state index in [4.69, 9.17) is 0 Å². The summed E-state index contributed by atoms with van der Waals surface area (Å²) in [7, 11) is 0. The van der Waals surface area contributed by atoms with E-state index in [-0.39, 0.29) is 5.82 Å². The van der Waals surface area contributed by atoms with Crippen LogP contribution in [0.15, 0.2) is 41.2 Å². The molecule has 2 aromatic rings. The van der Waals surface area contributed by atoms with E-state index in [1.54, 1.807) is 12.1 Å². The van der Waals surface area contributed by atoms with Crippen LogP contribution < -0.4 is 0 Å². The van der Waals surface area contributed by atoms with Crippen molar-refractivity contribution in [2.75, 3.05) is 0 Å². The molecule has 0 spiro atoms. The highest BCUT2D eigenvalue weighted by molar-refractivity contribution is 7.13. The van der Waals surface area contributed by atoms with Gasteiger partial charge in [-0.2, -0.15) is 0 Å². The number of rotatable bonds is 3. The Morgan fingerprint density at radius 1 is 1.25 bits per heavy atom. The molecule has 0 amide bonds. The normalized spacial score (nSPS) is 10.2. The number of aliphatic imine (C=N–C) groups is 1. The third-order valence-electron chi connectivity index (χ3n) is 2.58. The van der Waals surface area contributed by atoms with E-state index >= 15 is 0 Å². The Bertz CT molecular complexity index is 593. The number of thiazole rings is 1. The lowest BCUT2D eigenvalue weighted by atomic mass is 10.0. The minimum atomic E-state index is -0.434. The Kier molecular flexibility index (Phi) is 5.81. The Labute approximate surface area is 123 Å². The van der Waals surface area contributed by atoms with Crippen LogP contribution in [0.2, 0.25) is 0 Å². The van der Waals surface area contributed by atoms with Crippen molar-refractivity contribution in [1.82, 2.24) is 4.98 Å². The van der Waals surface area contributed by atoms with Crippen molar-refractivity contribution in [3.8, 4) is 10.6 Å². The molecule has 4 heteroatoms. The first kappa shape index (κ1) is 16.3. The van der Waals surface area contributed by atoms with Crippen molar-refractivity contribution < 1.29 is 4.39 Å². The maximum Gasteiger partial charge on any atom is 0.123 e. The largest absolute Gasteiger partial charge is 0.239 e. The molecule has 106 valence electrons. The molecule has 0 radical (unpaired) electrons. The van der Waals surface area contributed by atoms with Crippen LogP contribution in [0.25, 0.3) is 10.6 Å². The van der Waals surface area contributed by atoms with E-state index in [0.717, 1.165) is 16.3 Å². The molecule has 1 aromatic carbocycles. The minimum Gasteiger partial charge on any atom is -0.239 e. The molecule has 0 bridgehead atoms. The van der Waals surface area contributed by atoms with E-state index in [1.165, 1.54) is 23.5 Å². The molecule has 0 aliphatic rings. The fourth-order valence-corrected chi connectivity index (χ4v) is 2.52. The second kappa shape index (κ2) is 7.13. The average molecular weight is 290 g/mol. The lowest BCUT2D eigenvalue weighted by molar-refractivity contribution is 0.547. The van der Waals surface area contributed by atoms with Gasteiger partial charge in [0.15, 0.2) is 0 Å². The van der Waals surface area contributed by atoms with Crippen molar-refractivity contribution >= 4 is 17.2 Å². The van der Waals surface area contributed by atoms with Gasteiger partial charge in [-0.3, -0.25) is 0 Å². The summed E-state index contributed by atoms with van der Waals surface area (Å²) in [6.07, 6.45) is 0. The van der Waals surface area contributed by atoms with Crippen LogP contribution in [-0.4, -0.2) is 10.9 Å². The van der Waals surface area contributed by atoms with Crippen LogP contribution in [-0.2, 0) is 5.54 Å². The Hall–Kier alpha value is -1.77. The average Bonchev–Trinajstić information content (AvgIpc) is 2.92. The van der Waals surface area contributed by atoms with Crippen LogP contribution in [0, 0.1) is 5.82 Å². The van der Waals surface area contributed by atoms with Crippen molar-refractivity contribution in [1.29, 1.82) is 0 Å². The quantitative estimate of drug-likeness (QED) is 0.725.